The number of ether oxygens (including phenoxy) is 1. The number of carboxylic acids is 1. The van der Waals surface area contributed by atoms with Crippen LogP contribution in [-0.2, 0) is 19.1 Å². The predicted molar refractivity (Wildman–Crippen MR) is 191 cm³/mol. The standard InChI is InChI=1S/C42H68N2O5/c1-25(2)28-12-17-42(21-33(45)44-24-26-20-27(44)23-43-26)19-18-40(8)29(35(28)42)10-11-31-39(7)15-14-32(49-34(46)22-37(3,4)36(47)48)38(5,6)30(39)13-16-41(31,40)9/h25-32,35,43H,10-24H2,1-9H3,(H,47,48)/p+1. The summed E-state index contributed by atoms with van der Waals surface area (Å²) < 4.78 is 6.20. The first-order valence-electron chi connectivity index (χ1n) is 20.3. The quantitative estimate of drug-likeness (QED) is 0.260. The Hall–Kier alpha value is -1.47. The lowest BCUT2D eigenvalue weighted by Crippen LogP contribution is -3.18. The van der Waals surface area contributed by atoms with E-state index in [1.807, 2.05) is 0 Å². The lowest BCUT2D eigenvalue weighted by molar-refractivity contribution is -0.837. The van der Waals surface area contributed by atoms with Crippen LogP contribution >= 0.6 is 0 Å². The van der Waals surface area contributed by atoms with Crippen molar-refractivity contribution < 1.29 is 29.1 Å². The van der Waals surface area contributed by atoms with Gasteiger partial charge in [-0.05, 0) is 135 Å². The van der Waals surface area contributed by atoms with Crippen molar-refractivity contribution in [2.75, 3.05) is 13.1 Å². The van der Waals surface area contributed by atoms with Crippen molar-refractivity contribution in [2.45, 2.75) is 164 Å². The van der Waals surface area contributed by atoms with Gasteiger partial charge in [-0.3, -0.25) is 14.5 Å². The van der Waals surface area contributed by atoms with Gasteiger partial charge in [0.1, 0.15) is 18.7 Å². The Balaban J connectivity index is 1.13. The molecule has 0 spiro atoms. The molecule has 0 aromatic heterocycles. The maximum atomic E-state index is 14.2. The van der Waals surface area contributed by atoms with Crippen molar-refractivity contribution in [1.82, 2.24) is 5.32 Å². The average Bonchev–Trinajstić information content (AvgIpc) is 3.74. The number of carbonyl (C=O) groups is 3. The molecule has 2 bridgehead atoms. The number of esters is 1. The fourth-order valence-corrected chi connectivity index (χ4v) is 15.1. The van der Waals surface area contributed by atoms with Gasteiger partial charge in [0.25, 0.3) is 0 Å². The molecule has 13 atom stereocenters. The Kier molecular flexibility index (Phi) is 8.63. The fraction of sp³-hybridized carbons (Fsp3) is 0.929. The van der Waals surface area contributed by atoms with E-state index in [4.69, 9.17) is 4.74 Å². The van der Waals surface area contributed by atoms with E-state index in [0.717, 1.165) is 38.8 Å². The first-order chi connectivity index (χ1) is 22.8. The predicted octanol–water partition coefficient (Wildman–Crippen LogP) is 6.68. The highest BCUT2D eigenvalue weighted by molar-refractivity contribution is 5.81. The van der Waals surface area contributed by atoms with Crippen molar-refractivity contribution in [2.24, 2.45) is 68.0 Å². The number of nitrogens with one attached hydrogen (secondary N) is 2. The Labute approximate surface area is 296 Å². The van der Waals surface area contributed by atoms with E-state index >= 15 is 0 Å². The Bertz CT molecular complexity index is 1360. The highest BCUT2D eigenvalue weighted by atomic mass is 16.5. The normalized spacial score (nSPS) is 48.3. The van der Waals surface area contributed by atoms with Gasteiger partial charge in [-0.15, -0.1) is 0 Å². The molecule has 2 aliphatic heterocycles. The van der Waals surface area contributed by atoms with E-state index in [-0.39, 0.29) is 45.6 Å². The summed E-state index contributed by atoms with van der Waals surface area (Å²) >= 11 is 0. The van der Waals surface area contributed by atoms with Crippen molar-refractivity contribution in [3.8, 4) is 0 Å². The first-order valence-corrected chi connectivity index (χ1v) is 20.3. The van der Waals surface area contributed by atoms with E-state index in [9.17, 15) is 19.5 Å². The Morgan fingerprint density at radius 3 is 2.27 bits per heavy atom. The number of quaternary nitrogens is 1. The molecule has 0 radical (unpaired) electrons. The zero-order valence-electron chi connectivity index (χ0n) is 32.4. The van der Waals surface area contributed by atoms with Gasteiger partial charge < -0.3 is 15.2 Å². The smallest absolute Gasteiger partial charge is 0.312 e. The van der Waals surface area contributed by atoms with Crippen LogP contribution < -0.4 is 10.2 Å². The third-order valence-electron chi connectivity index (χ3n) is 17.9. The van der Waals surface area contributed by atoms with E-state index < -0.39 is 11.4 Å². The summed E-state index contributed by atoms with van der Waals surface area (Å²) in [6.45, 7) is 22.8. The largest absolute Gasteiger partial charge is 0.481 e. The summed E-state index contributed by atoms with van der Waals surface area (Å²) in [6, 6.07) is 1.04. The molecule has 1 amide bonds. The number of hydrogen-bond donors (Lipinski definition) is 3. The average molecular weight is 682 g/mol. The minimum absolute atomic E-state index is 0.0967. The number of hydrogen-bond acceptors (Lipinski definition) is 5. The molecule has 7 fully saturated rings. The van der Waals surface area contributed by atoms with Crippen molar-refractivity contribution in [3.63, 3.8) is 0 Å². The highest BCUT2D eigenvalue weighted by Gasteiger charge is 2.71. The lowest BCUT2D eigenvalue weighted by Gasteiger charge is -2.73. The molecule has 5 aliphatic carbocycles. The molecule has 276 valence electrons. The summed E-state index contributed by atoms with van der Waals surface area (Å²) in [4.78, 5) is 40.3. The minimum atomic E-state index is -1.13. The molecule has 7 nitrogen and oxygen atoms in total. The number of carboxylic acid groups (broad SMARTS) is 1. The molecule has 7 aliphatic rings. The van der Waals surface area contributed by atoms with E-state index in [0.29, 0.717) is 53.5 Å². The van der Waals surface area contributed by atoms with E-state index in [1.54, 1.807) is 13.8 Å². The number of carbonyl (C=O) groups excluding carboxylic acids is 2. The Morgan fingerprint density at radius 2 is 1.63 bits per heavy atom. The van der Waals surface area contributed by atoms with Crippen LogP contribution in [0, 0.1) is 68.0 Å². The number of fused-ring (bicyclic) bond motifs is 9. The molecule has 2 heterocycles. The van der Waals surface area contributed by atoms with Crippen LogP contribution in [0.3, 0.4) is 0 Å². The molecule has 7 heteroatoms. The van der Waals surface area contributed by atoms with Gasteiger partial charge in [0, 0.05) is 18.4 Å². The molecule has 49 heavy (non-hydrogen) atoms. The number of amides is 1. The second-order valence-electron chi connectivity index (χ2n) is 21.1. The third-order valence-corrected chi connectivity index (χ3v) is 17.9. The van der Waals surface area contributed by atoms with E-state index in [2.05, 4.69) is 53.8 Å². The van der Waals surface area contributed by atoms with Crippen LogP contribution in [0.2, 0.25) is 0 Å². The van der Waals surface area contributed by atoms with Crippen LogP contribution in [0.15, 0.2) is 0 Å². The van der Waals surface area contributed by atoms with Crippen molar-refractivity contribution >= 4 is 17.8 Å². The Morgan fingerprint density at radius 1 is 0.898 bits per heavy atom. The van der Waals surface area contributed by atoms with Gasteiger partial charge in [0.05, 0.1) is 24.3 Å². The minimum Gasteiger partial charge on any atom is -0.481 e. The van der Waals surface area contributed by atoms with Crippen LogP contribution in [0.1, 0.15) is 146 Å². The van der Waals surface area contributed by atoms with Crippen molar-refractivity contribution in [1.29, 1.82) is 0 Å². The van der Waals surface area contributed by atoms with Gasteiger partial charge in [-0.2, -0.15) is 0 Å². The molecule has 5 saturated carbocycles. The maximum absolute atomic E-state index is 14.2. The fourth-order valence-electron chi connectivity index (χ4n) is 15.1. The molecule has 0 aromatic rings. The van der Waals surface area contributed by atoms with Gasteiger partial charge in [0.2, 0.25) is 0 Å². The first kappa shape index (κ1) is 35.9. The summed E-state index contributed by atoms with van der Waals surface area (Å²) in [5.41, 5.74) is -0.427. The van der Waals surface area contributed by atoms with Crippen LogP contribution in [0.25, 0.3) is 0 Å². The number of rotatable bonds is 7. The monoisotopic (exact) mass is 682 g/mol. The molecule has 3 N–H and O–H groups in total. The number of aliphatic carboxylic acids is 1. The third kappa shape index (κ3) is 5.25. The van der Waals surface area contributed by atoms with Crippen LogP contribution in [-0.4, -0.2) is 54.2 Å². The summed E-state index contributed by atoms with van der Waals surface area (Å²) in [6.07, 6.45) is 13.6. The summed E-state index contributed by atoms with van der Waals surface area (Å²) in [7, 11) is 0. The molecule has 0 aromatic carbocycles. The number of piperazine rings is 1. The van der Waals surface area contributed by atoms with Crippen molar-refractivity contribution in [3.05, 3.63) is 0 Å². The molecular formula is C42H69N2O5+. The molecular weight excluding hydrogens is 612 g/mol. The van der Waals surface area contributed by atoms with Gasteiger partial charge in [-0.25, -0.2) is 4.79 Å². The molecule has 2 saturated heterocycles. The van der Waals surface area contributed by atoms with Gasteiger partial charge >= 0.3 is 17.8 Å². The summed E-state index contributed by atoms with van der Waals surface area (Å²) in [5, 5.41) is 13.2. The molecule has 7 rings (SSSR count). The number of likely N-dealkylation sites (tertiary alicyclic amines) is 1. The van der Waals surface area contributed by atoms with Gasteiger partial charge in [-0.1, -0.05) is 48.5 Å². The van der Waals surface area contributed by atoms with Crippen LogP contribution in [0.4, 0.5) is 0 Å². The zero-order valence-corrected chi connectivity index (χ0v) is 32.4. The lowest BCUT2D eigenvalue weighted by atomic mass is 9.32. The summed E-state index contributed by atoms with van der Waals surface area (Å²) in [5.74, 6) is 2.99. The SMILES string of the molecule is CC(C)C1CCC2(CC(=O)[NH+]3CC4CC3CN4)CCC3(C)C(CCC4C5(C)CCC(OC(=O)CC(C)(C)C(=O)O)C(C)(C)C5CCC43C)C12. The van der Waals surface area contributed by atoms with E-state index in [1.165, 1.54) is 56.3 Å². The second-order valence-corrected chi connectivity index (χ2v) is 21.1. The topological polar surface area (TPSA) is 97.1 Å². The van der Waals surface area contributed by atoms with Gasteiger partial charge in [0.15, 0.2) is 0 Å². The maximum Gasteiger partial charge on any atom is 0.312 e. The molecule has 13 unspecified atom stereocenters. The second kappa shape index (κ2) is 11.8. The highest BCUT2D eigenvalue weighted by Crippen LogP contribution is 2.78. The van der Waals surface area contributed by atoms with Crippen LogP contribution in [0.5, 0.6) is 0 Å². The zero-order chi connectivity index (χ0) is 35.5.